The van der Waals surface area contributed by atoms with Crippen LogP contribution in [0.15, 0.2) is 12.1 Å². The number of ether oxygens (including phenoxy) is 1. The molecule has 0 aliphatic rings. The summed E-state index contributed by atoms with van der Waals surface area (Å²) in [5, 5.41) is 0. The van der Waals surface area contributed by atoms with E-state index in [1.165, 1.54) is 0 Å². The molecule has 0 fully saturated rings. The van der Waals surface area contributed by atoms with Gasteiger partial charge in [0.2, 0.25) is 0 Å². The van der Waals surface area contributed by atoms with E-state index in [2.05, 4.69) is 4.98 Å². The van der Waals surface area contributed by atoms with Gasteiger partial charge in [-0.25, -0.2) is 13.8 Å². The molecule has 13 heavy (non-hydrogen) atoms. The largest absolute Gasteiger partial charge is 0.485 e. The van der Waals surface area contributed by atoms with Crippen LogP contribution in [0, 0.1) is 10.6 Å². The van der Waals surface area contributed by atoms with Gasteiger partial charge in [0.05, 0.1) is 0 Å². The van der Waals surface area contributed by atoms with Crippen LogP contribution in [0.1, 0.15) is 5.69 Å². The number of alkyl halides is 2. The van der Waals surface area contributed by atoms with Crippen molar-refractivity contribution in [1.29, 1.82) is 0 Å². The molecule has 2 nitrogen and oxygen atoms in total. The summed E-state index contributed by atoms with van der Waals surface area (Å²) in [6.07, 6.45) is -2.45. The third-order valence-corrected chi connectivity index (χ3v) is 2.09. The second-order valence-electron chi connectivity index (χ2n) is 2.44. The van der Waals surface area contributed by atoms with Crippen LogP contribution >= 0.6 is 22.6 Å². The van der Waals surface area contributed by atoms with Gasteiger partial charge in [-0.05, 0) is 41.6 Å². The van der Waals surface area contributed by atoms with Crippen molar-refractivity contribution >= 4 is 22.6 Å². The zero-order valence-electron chi connectivity index (χ0n) is 6.93. The van der Waals surface area contributed by atoms with Gasteiger partial charge in [-0.1, -0.05) is 0 Å². The number of aromatic nitrogens is 1. The molecule has 0 bridgehead atoms. The zero-order valence-corrected chi connectivity index (χ0v) is 9.09. The number of halogens is 3. The first kappa shape index (κ1) is 10.6. The Balaban J connectivity index is 2.67. The van der Waals surface area contributed by atoms with Gasteiger partial charge in [-0.2, -0.15) is 0 Å². The lowest BCUT2D eigenvalue weighted by Crippen LogP contribution is -2.08. The number of hydrogen-bond donors (Lipinski definition) is 0. The maximum Gasteiger partial charge on any atom is 0.272 e. The van der Waals surface area contributed by atoms with E-state index in [9.17, 15) is 8.78 Å². The fourth-order valence-electron chi connectivity index (χ4n) is 0.773. The molecule has 0 atom stereocenters. The average Bonchev–Trinajstić information content (AvgIpc) is 2.02. The Labute approximate surface area is 88.5 Å². The van der Waals surface area contributed by atoms with E-state index in [4.69, 9.17) is 4.74 Å². The van der Waals surface area contributed by atoms with E-state index < -0.39 is 13.0 Å². The topological polar surface area (TPSA) is 22.1 Å². The molecule has 1 heterocycles. The highest BCUT2D eigenvalue weighted by Gasteiger charge is 2.06. The van der Waals surface area contributed by atoms with E-state index in [1.807, 2.05) is 29.5 Å². The van der Waals surface area contributed by atoms with Crippen molar-refractivity contribution < 1.29 is 13.5 Å². The van der Waals surface area contributed by atoms with Crippen molar-refractivity contribution in [3.05, 3.63) is 21.5 Å². The lowest BCUT2D eigenvalue weighted by Gasteiger charge is -2.06. The van der Waals surface area contributed by atoms with E-state index in [1.54, 1.807) is 12.1 Å². The summed E-state index contributed by atoms with van der Waals surface area (Å²) < 4.78 is 29.0. The predicted molar refractivity (Wildman–Crippen MR) is 53.2 cm³/mol. The quantitative estimate of drug-likeness (QED) is 0.632. The van der Waals surface area contributed by atoms with Gasteiger partial charge < -0.3 is 4.74 Å². The Hall–Kier alpha value is -0.460. The van der Waals surface area contributed by atoms with E-state index in [0.29, 0.717) is 9.45 Å². The summed E-state index contributed by atoms with van der Waals surface area (Å²) in [5.41, 5.74) is 0.841. The standard InChI is InChI=1S/C8H8F2INO/c1-5-2-3-6(8(11)12-5)13-4-7(9)10/h2-3,7H,4H2,1H3. The molecular formula is C8H8F2INO. The summed E-state index contributed by atoms with van der Waals surface area (Å²) in [6, 6.07) is 3.37. The van der Waals surface area contributed by atoms with Crippen LogP contribution < -0.4 is 4.74 Å². The fourth-order valence-corrected chi connectivity index (χ4v) is 1.49. The molecule has 72 valence electrons. The lowest BCUT2D eigenvalue weighted by atomic mass is 10.4. The van der Waals surface area contributed by atoms with Crippen LogP contribution in [0.3, 0.4) is 0 Å². The van der Waals surface area contributed by atoms with Crippen molar-refractivity contribution in [2.24, 2.45) is 0 Å². The average molecular weight is 299 g/mol. The Kier molecular flexibility index (Phi) is 3.83. The molecule has 0 N–H and O–H groups in total. The van der Waals surface area contributed by atoms with Gasteiger partial charge in [0.15, 0.2) is 5.75 Å². The molecule has 0 aliphatic heterocycles. The summed E-state index contributed by atoms with van der Waals surface area (Å²) >= 11 is 1.95. The smallest absolute Gasteiger partial charge is 0.272 e. The minimum atomic E-state index is -2.45. The lowest BCUT2D eigenvalue weighted by molar-refractivity contribution is 0.0812. The van der Waals surface area contributed by atoms with E-state index in [-0.39, 0.29) is 0 Å². The van der Waals surface area contributed by atoms with Gasteiger partial charge >= 0.3 is 0 Å². The van der Waals surface area contributed by atoms with E-state index in [0.717, 1.165) is 5.69 Å². The van der Waals surface area contributed by atoms with Crippen LogP contribution in [-0.2, 0) is 0 Å². The minimum Gasteiger partial charge on any atom is -0.485 e. The summed E-state index contributed by atoms with van der Waals surface area (Å²) in [4.78, 5) is 4.07. The van der Waals surface area contributed by atoms with Crippen molar-refractivity contribution in [3.63, 3.8) is 0 Å². The summed E-state index contributed by atoms with van der Waals surface area (Å²) in [5.74, 6) is 0.409. The molecule has 0 spiro atoms. The second-order valence-corrected chi connectivity index (χ2v) is 3.47. The fraction of sp³-hybridized carbons (Fsp3) is 0.375. The van der Waals surface area contributed by atoms with Gasteiger partial charge in [-0.3, -0.25) is 0 Å². The second kappa shape index (κ2) is 4.69. The highest BCUT2D eigenvalue weighted by molar-refractivity contribution is 14.1. The third kappa shape index (κ3) is 3.41. The molecule has 1 aromatic heterocycles. The SMILES string of the molecule is Cc1ccc(OCC(F)F)c(I)n1. The Morgan fingerprint density at radius 1 is 1.54 bits per heavy atom. The van der Waals surface area contributed by atoms with Gasteiger partial charge in [0.1, 0.15) is 10.3 Å². The molecule has 0 amide bonds. The Morgan fingerprint density at radius 3 is 2.77 bits per heavy atom. The number of aryl methyl sites for hydroxylation is 1. The van der Waals surface area contributed by atoms with Crippen molar-refractivity contribution in [3.8, 4) is 5.75 Å². The zero-order chi connectivity index (χ0) is 9.84. The molecule has 0 aliphatic carbocycles. The van der Waals surface area contributed by atoms with Crippen LogP contribution in [0.2, 0.25) is 0 Å². The molecule has 0 saturated carbocycles. The van der Waals surface area contributed by atoms with Gasteiger partial charge in [-0.15, -0.1) is 0 Å². The van der Waals surface area contributed by atoms with Crippen molar-refractivity contribution in [1.82, 2.24) is 4.98 Å². The van der Waals surface area contributed by atoms with Crippen LogP contribution in [0.25, 0.3) is 0 Å². The first-order chi connectivity index (χ1) is 6.09. The van der Waals surface area contributed by atoms with Crippen LogP contribution in [-0.4, -0.2) is 18.0 Å². The van der Waals surface area contributed by atoms with Crippen molar-refractivity contribution in [2.45, 2.75) is 13.3 Å². The van der Waals surface area contributed by atoms with Crippen molar-refractivity contribution in [2.75, 3.05) is 6.61 Å². The predicted octanol–water partition coefficient (Wildman–Crippen LogP) is 2.64. The highest BCUT2D eigenvalue weighted by atomic mass is 127. The molecule has 0 radical (unpaired) electrons. The van der Waals surface area contributed by atoms with Crippen LogP contribution in [0.5, 0.6) is 5.75 Å². The van der Waals surface area contributed by atoms with Gasteiger partial charge in [0.25, 0.3) is 6.43 Å². The maximum absolute atomic E-state index is 11.8. The first-order valence-corrected chi connectivity index (χ1v) is 4.71. The molecule has 0 unspecified atom stereocenters. The molecule has 5 heteroatoms. The molecule has 0 aromatic carbocycles. The Bertz CT molecular complexity index is 293. The van der Waals surface area contributed by atoms with E-state index >= 15 is 0 Å². The third-order valence-electron chi connectivity index (χ3n) is 1.32. The molecule has 1 rings (SSSR count). The number of pyridine rings is 1. The van der Waals surface area contributed by atoms with Crippen LogP contribution in [0.4, 0.5) is 8.78 Å². The molecular weight excluding hydrogens is 291 g/mol. The number of nitrogens with zero attached hydrogens (tertiary/aromatic N) is 1. The van der Waals surface area contributed by atoms with Gasteiger partial charge in [0, 0.05) is 5.69 Å². The maximum atomic E-state index is 11.8. The normalized spacial score (nSPS) is 10.5. The molecule has 0 saturated heterocycles. The number of hydrogen-bond acceptors (Lipinski definition) is 2. The Morgan fingerprint density at radius 2 is 2.23 bits per heavy atom. The highest BCUT2D eigenvalue weighted by Crippen LogP contribution is 2.19. The first-order valence-electron chi connectivity index (χ1n) is 3.63. The minimum absolute atomic E-state index is 0.409. The number of rotatable bonds is 3. The monoisotopic (exact) mass is 299 g/mol. The summed E-state index contributed by atoms with van der Waals surface area (Å²) in [6.45, 7) is 1.25. The molecule has 1 aromatic rings. The summed E-state index contributed by atoms with van der Waals surface area (Å²) in [7, 11) is 0.